The molecule has 92 valence electrons. The van der Waals surface area contributed by atoms with Gasteiger partial charge in [-0.2, -0.15) is 5.11 Å². The Morgan fingerprint density at radius 1 is 1.38 bits per heavy atom. The summed E-state index contributed by atoms with van der Waals surface area (Å²) in [5.74, 6) is 1.61. The summed E-state index contributed by atoms with van der Waals surface area (Å²) in [5.41, 5.74) is 0.929. The van der Waals surface area contributed by atoms with E-state index < -0.39 is 0 Å². The van der Waals surface area contributed by atoms with Crippen molar-refractivity contribution in [2.24, 2.45) is 16.1 Å². The standard InChI is InChI=1S/C11H19N3.C2H6/c1-5-9(3)12-13-10(4)14-7-11(6-2)8-14;1-2/h5,11H,4,6-8H2,1-3H3;1-2H3/b9-5-,13-12?;. The average Bonchev–Trinajstić information content (AvgIpc) is 2.27. The molecule has 1 aliphatic heterocycles. The summed E-state index contributed by atoms with van der Waals surface area (Å²) in [4.78, 5) is 2.17. The summed E-state index contributed by atoms with van der Waals surface area (Å²) < 4.78 is 0. The molecule has 1 rings (SSSR count). The molecule has 0 unspecified atom stereocenters. The Balaban J connectivity index is 0.00000106. The van der Waals surface area contributed by atoms with E-state index in [-0.39, 0.29) is 0 Å². The largest absolute Gasteiger partial charge is 0.355 e. The predicted molar refractivity (Wildman–Crippen MR) is 70.1 cm³/mol. The second-order valence-corrected chi connectivity index (χ2v) is 3.73. The maximum Gasteiger partial charge on any atom is 0.143 e. The van der Waals surface area contributed by atoms with Gasteiger partial charge in [-0.05, 0) is 26.2 Å². The van der Waals surface area contributed by atoms with Gasteiger partial charge in [0.05, 0.1) is 5.70 Å². The lowest BCUT2D eigenvalue weighted by Crippen LogP contribution is -2.44. The van der Waals surface area contributed by atoms with Gasteiger partial charge >= 0.3 is 0 Å². The first-order valence-corrected chi connectivity index (χ1v) is 6.15. The van der Waals surface area contributed by atoms with E-state index >= 15 is 0 Å². The highest BCUT2D eigenvalue weighted by Gasteiger charge is 2.25. The number of rotatable bonds is 4. The van der Waals surface area contributed by atoms with Crippen LogP contribution in [-0.2, 0) is 0 Å². The first kappa shape index (κ1) is 14.9. The minimum atomic E-state index is 0.788. The smallest absolute Gasteiger partial charge is 0.143 e. The van der Waals surface area contributed by atoms with Gasteiger partial charge in [0.25, 0.3) is 0 Å². The van der Waals surface area contributed by atoms with Crippen LogP contribution >= 0.6 is 0 Å². The molecule has 0 spiro atoms. The van der Waals surface area contributed by atoms with Gasteiger partial charge in [-0.15, -0.1) is 5.11 Å². The fourth-order valence-corrected chi connectivity index (χ4v) is 1.30. The Hall–Kier alpha value is -1.12. The Kier molecular flexibility index (Phi) is 7.52. The SMILES string of the molecule is C=C(N=N/C(C)=C\C)N1CC(CC)C1.CC. The van der Waals surface area contributed by atoms with Gasteiger partial charge in [0.15, 0.2) is 0 Å². The van der Waals surface area contributed by atoms with Gasteiger partial charge in [0, 0.05) is 13.1 Å². The van der Waals surface area contributed by atoms with Crippen LogP contribution in [0.1, 0.15) is 41.0 Å². The maximum atomic E-state index is 4.07. The van der Waals surface area contributed by atoms with Crippen LogP contribution in [0.5, 0.6) is 0 Å². The Morgan fingerprint density at radius 3 is 2.38 bits per heavy atom. The quantitative estimate of drug-likeness (QED) is 0.656. The minimum Gasteiger partial charge on any atom is -0.355 e. The number of azo groups is 1. The summed E-state index contributed by atoms with van der Waals surface area (Å²) in [5, 5.41) is 8.12. The summed E-state index contributed by atoms with van der Waals surface area (Å²) in [6.45, 7) is 16.2. The van der Waals surface area contributed by atoms with Crippen molar-refractivity contribution < 1.29 is 0 Å². The van der Waals surface area contributed by atoms with E-state index in [0.29, 0.717) is 0 Å². The molecule has 1 aliphatic rings. The zero-order chi connectivity index (χ0) is 12.6. The molecule has 3 nitrogen and oxygen atoms in total. The van der Waals surface area contributed by atoms with E-state index in [4.69, 9.17) is 0 Å². The van der Waals surface area contributed by atoms with Crippen molar-refractivity contribution in [1.82, 2.24) is 4.90 Å². The first-order valence-electron chi connectivity index (χ1n) is 6.15. The normalized spacial score (nSPS) is 16.8. The number of allylic oxidation sites excluding steroid dienone is 2. The van der Waals surface area contributed by atoms with Crippen molar-refractivity contribution in [3.05, 3.63) is 24.2 Å². The lowest BCUT2D eigenvalue weighted by molar-refractivity contribution is 0.137. The summed E-state index contributed by atoms with van der Waals surface area (Å²) in [6.07, 6.45) is 3.18. The highest BCUT2D eigenvalue weighted by molar-refractivity contribution is 5.00. The van der Waals surface area contributed by atoms with Gasteiger partial charge < -0.3 is 4.90 Å². The molecule has 0 bridgehead atoms. The van der Waals surface area contributed by atoms with Crippen molar-refractivity contribution >= 4 is 0 Å². The summed E-state index contributed by atoms with van der Waals surface area (Å²) in [7, 11) is 0. The van der Waals surface area contributed by atoms with Gasteiger partial charge in [0.2, 0.25) is 0 Å². The molecule has 0 atom stereocenters. The topological polar surface area (TPSA) is 28.0 Å². The van der Waals surface area contributed by atoms with Crippen LogP contribution in [0.25, 0.3) is 0 Å². The molecule has 1 saturated heterocycles. The van der Waals surface area contributed by atoms with Crippen molar-refractivity contribution in [2.45, 2.75) is 41.0 Å². The zero-order valence-corrected chi connectivity index (χ0v) is 11.3. The average molecular weight is 223 g/mol. The third-order valence-corrected chi connectivity index (χ3v) is 2.64. The second kappa shape index (κ2) is 8.08. The fraction of sp³-hybridized carbons (Fsp3) is 0.692. The number of nitrogens with zero attached hydrogens (tertiary/aromatic N) is 3. The molecule has 0 saturated carbocycles. The molecule has 0 amide bonds. The number of hydrogen-bond acceptors (Lipinski definition) is 3. The monoisotopic (exact) mass is 223 g/mol. The van der Waals surface area contributed by atoms with Crippen LogP contribution in [0.15, 0.2) is 34.4 Å². The van der Waals surface area contributed by atoms with Crippen molar-refractivity contribution in [3.8, 4) is 0 Å². The maximum absolute atomic E-state index is 4.07. The molecule has 1 fully saturated rings. The van der Waals surface area contributed by atoms with Crippen LogP contribution in [0.4, 0.5) is 0 Å². The van der Waals surface area contributed by atoms with E-state index in [0.717, 1.165) is 30.5 Å². The van der Waals surface area contributed by atoms with E-state index in [9.17, 15) is 0 Å². The van der Waals surface area contributed by atoms with E-state index in [1.165, 1.54) is 6.42 Å². The highest BCUT2D eigenvalue weighted by Crippen LogP contribution is 2.23. The number of likely N-dealkylation sites (tertiary alicyclic amines) is 1. The van der Waals surface area contributed by atoms with Gasteiger partial charge in [-0.3, -0.25) is 0 Å². The molecule has 0 aromatic heterocycles. The van der Waals surface area contributed by atoms with Gasteiger partial charge in [-0.1, -0.05) is 33.4 Å². The van der Waals surface area contributed by atoms with Crippen LogP contribution in [-0.4, -0.2) is 18.0 Å². The third-order valence-electron chi connectivity index (χ3n) is 2.64. The van der Waals surface area contributed by atoms with E-state index in [1.54, 1.807) is 0 Å². The van der Waals surface area contributed by atoms with E-state index in [2.05, 4.69) is 28.6 Å². The first-order chi connectivity index (χ1) is 7.67. The Bertz CT molecular complexity index is 260. The Labute approximate surface area is 99.9 Å². The van der Waals surface area contributed by atoms with Crippen LogP contribution < -0.4 is 0 Å². The lowest BCUT2D eigenvalue weighted by Gasteiger charge is -2.39. The summed E-state index contributed by atoms with van der Waals surface area (Å²) >= 11 is 0. The van der Waals surface area contributed by atoms with Crippen LogP contribution in [0.2, 0.25) is 0 Å². The molecule has 16 heavy (non-hydrogen) atoms. The molecule has 3 heteroatoms. The van der Waals surface area contributed by atoms with Crippen LogP contribution in [0, 0.1) is 5.92 Å². The molecule has 0 N–H and O–H groups in total. The minimum absolute atomic E-state index is 0.788. The van der Waals surface area contributed by atoms with Gasteiger partial charge in [-0.25, -0.2) is 0 Å². The molecule has 0 aromatic carbocycles. The molecule has 0 aliphatic carbocycles. The second-order valence-electron chi connectivity index (χ2n) is 3.73. The van der Waals surface area contributed by atoms with Gasteiger partial charge in [0.1, 0.15) is 5.82 Å². The number of hydrogen-bond donors (Lipinski definition) is 0. The van der Waals surface area contributed by atoms with Crippen molar-refractivity contribution in [1.29, 1.82) is 0 Å². The molecule has 0 aromatic rings. The molecule has 1 heterocycles. The fourth-order valence-electron chi connectivity index (χ4n) is 1.30. The molecule has 0 radical (unpaired) electrons. The highest BCUT2D eigenvalue weighted by atomic mass is 15.3. The lowest BCUT2D eigenvalue weighted by atomic mass is 9.98. The zero-order valence-electron chi connectivity index (χ0n) is 11.3. The summed E-state index contributed by atoms with van der Waals surface area (Å²) in [6, 6.07) is 0. The molecular weight excluding hydrogens is 198 g/mol. The molecular formula is C13H25N3. The Morgan fingerprint density at radius 2 is 1.94 bits per heavy atom. The predicted octanol–water partition coefficient (Wildman–Crippen LogP) is 4.20. The van der Waals surface area contributed by atoms with Crippen molar-refractivity contribution in [2.75, 3.05) is 13.1 Å². The van der Waals surface area contributed by atoms with Crippen LogP contribution in [0.3, 0.4) is 0 Å². The van der Waals surface area contributed by atoms with E-state index in [1.807, 2.05) is 33.8 Å². The third kappa shape index (κ3) is 4.60. The van der Waals surface area contributed by atoms with Crippen molar-refractivity contribution in [3.63, 3.8) is 0 Å².